The second-order valence-electron chi connectivity index (χ2n) is 4.48. The average molecular weight is 251 g/mol. The molecule has 1 aromatic rings. The van der Waals surface area contributed by atoms with Crippen molar-refractivity contribution in [1.29, 1.82) is 0 Å². The van der Waals surface area contributed by atoms with Gasteiger partial charge in [0.15, 0.2) is 0 Å². The molecule has 2 rings (SSSR count). The minimum absolute atomic E-state index is 0.686. The van der Waals surface area contributed by atoms with E-state index in [2.05, 4.69) is 35.7 Å². The van der Waals surface area contributed by atoms with Crippen molar-refractivity contribution in [3.05, 3.63) is 24.5 Å². The molecular formula is C13H21N3S. The lowest BCUT2D eigenvalue weighted by Crippen LogP contribution is -2.25. The highest BCUT2D eigenvalue weighted by Gasteiger charge is 2.23. The van der Waals surface area contributed by atoms with Gasteiger partial charge in [-0.25, -0.2) is 4.68 Å². The molecule has 4 heteroatoms. The van der Waals surface area contributed by atoms with Crippen LogP contribution in [-0.4, -0.2) is 26.8 Å². The van der Waals surface area contributed by atoms with Crippen LogP contribution >= 0.6 is 11.8 Å². The molecule has 0 radical (unpaired) electrons. The highest BCUT2D eigenvalue weighted by atomic mass is 32.2. The molecule has 1 N–H and O–H groups in total. The lowest BCUT2D eigenvalue weighted by Gasteiger charge is -2.11. The highest BCUT2D eigenvalue weighted by Crippen LogP contribution is 2.29. The van der Waals surface area contributed by atoms with Crippen LogP contribution in [0.15, 0.2) is 19.0 Å². The largest absolute Gasteiger partial charge is 0.310 e. The van der Waals surface area contributed by atoms with Gasteiger partial charge in [-0.2, -0.15) is 16.9 Å². The summed E-state index contributed by atoms with van der Waals surface area (Å²) >= 11 is 2.10. The fraction of sp³-hybridized carbons (Fsp3) is 0.615. The molecule has 0 spiro atoms. The van der Waals surface area contributed by atoms with E-state index >= 15 is 0 Å². The number of thioether (sulfide) groups is 1. The van der Waals surface area contributed by atoms with E-state index in [9.17, 15) is 0 Å². The smallest absolute Gasteiger partial charge is 0.0538 e. The Morgan fingerprint density at radius 3 is 3.24 bits per heavy atom. The van der Waals surface area contributed by atoms with Gasteiger partial charge in [0.1, 0.15) is 0 Å². The van der Waals surface area contributed by atoms with E-state index in [0.29, 0.717) is 6.04 Å². The lowest BCUT2D eigenvalue weighted by atomic mass is 10.2. The fourth-order valence-corrected chi connectivity index (χ4v) is 3.49. The zero-order valence-corrected chi connectivity index (χ0v) is 11.2. The van der Waals surface area contributed by atoms with Crippen molar-refractivity contribution in [2.24, 2.45) is 0 Å². The molecule has 0 saturated heterocycles. The summed E-state index contributed by atoms with van der Waals surface area (Å²) in [5.41, 5.74) is 1.23. The van der Waals surface area contributed by atoms with Gasteiger partial charge >= 0.3 is 0 Å². The standard InChI is InChI=1S/C13H21N3S/c1-3-16-10-11(9-15-16)8-14-12-5-6-13(7-12)17-4-2/h3,9-10,12-14H,1,4-8H2,2H3. The van der Waals surface area contributed by atoms with E-state index in [1.807, 2.05) is 12.4 Å². The Morgan fingerprint density at radius 2 is 2.53 bits per heavy atom. The first-order valence-corrected chi connectivity index (χ1v) is 7.37. The molecule has 0 amide bonds. The quantitative estimate of drug-likeness (QED) is 0.843. The van der Waals surface area contributed by atoms with Gasteiger partial charge in [-0.1, -0.05) is 13.5 Å². The first kappa shape index (κ1) is 12.7. The van der Waals surface area contributed by atoms with Gasteiger partial charge in [0.2, 0.25) is 0 Å². The minimum Gasteiger partial charge on any atom is -0.310 e. The maximum Gasteiger partial charge on any atom is 0.0538 e. The maximum absolute atomic E-state index is 4.18. The number of hydrogen-bond acceptors (Lipinski definition) is 3. The van der Waals surface area contributed by atoms with Gasteiger partial charge in [-0.3, -0.25) is 0 Å². The summed E-state index contributed by atoms with van der Waals surface area (Å²) in [6.45, 7) is 6.85. The number of nitrogens with zero attached hydrogens (tertiary/aromatic N) is 2. The molecule has 0 bridgehead atoms. The van der Waals surface area contributed by atoms with Gasteiger partial charge in [0.25, 0.3) is 0 Å². The molecule has 3 nitrogen and oxygen atoms in total. The monoisotopic (exact) mass is 251 g/mol. The van der Waals surface area contributed by atoms with E-state index in [0.717, 1.165) is 11.8 Å². The fourth-order valence-electron chi connectivity index (χ4n) is 2.34. The second kappa shape index (κ2) is 6.26. The van der Waals surface area contributed by atoms with Crippen LogP contribution in [0.1, 0.15) is 31.7 Å². The van der Waals surface area contributed by atoms with E-state index in [-0.39, 0.29) is 0 Å². The van der Waals surface area contributed by atoms with Gasteiger partial charge < -0.3 is 5.32 Å². The van der Waals surface area contributed by atoms with Crippen molar-refractivity contribution >= 4 is 18.0 Å². The third-order valence-corrected chi connectivity index (χ3v) is 4.46. The molecule has 1 aliphatic carbocycles. The molecular weight excluding hydrogens is 230 g/mol. The van der Waals surface area contributed by atoms with Crippen LogP contribution in [0.4, 0.5) is 0 Å². The predicted molar refractivity (Wildman–Crippen MR) is 75.0 cm³/mol. The number of rotatable bonds is 6. The molecule has 1 saturated carbocycles. The van der Waals surface area contributed by atoms with E-state index in [1.54, 1.807) is 10.9 Å². The number of aromatic nitrogens is 2. The first-order valence-electron chi connectivity index (χ1n) is 6.32. The van der Waals surface area contributed by atoms with Gasteiger partial charge in [0, 0.05) is 35.8 Å². The van der Waals surface area contributed by atoms with Gasteiger partial charge in [-0.05, 0) is 25.0 Å². The summed E-state index contributed by atoms with van der Waals surface area (Å²) in [4.78, 5) is 0. The van der Waals surface area contributed by atoms with E-state index in [1.165, 1.54) is 30.6 Å². The number of nitrogens with one attached hydrogen (secondary N) is 1. The Kier molecular flexibility index (Phi) is 4.68. The van der Waals surface area contributed by atoms with E-state index < -0.39 is 0 Å². The Bertz CT molecular complexity index is 361. The van der Waals surface area contributed by atoms with Crippen LogP contribution in [0.25, 0.3) is 6.20 Å². The molecule has 94 valence electrons. The molecule has 0 aliphatic heterocycles. The predicted octanol–water partition coefficient (Wildman–Crippen LogP) is 2.75. The molecule has 1 fully saturated rings. The summed E-state index contributed by atoms with van der Waals surface area (Å²) in [6, 6.07) is 0.686. The summed E-state index contributed by atoms with van der Waals surface area (Å²) < 4.78 is 1.75. The van der Waals surface area contributed by atoms with Crippen LogP contribution in [0.2, 0.25) is 0 Å². The third kappa shape index (κ3) is 3.61. The molecule has 2 atom stereocenters. The summed E-state index contributed by atoms with van der Waals surface area (Å²) in [7, 11) is 0. The maximum atomic E-state index is 4.18. The topological polar surface area (TPSA) is 29.9 Å². The summed E-state index contributed by atoms with van der Waals surface area (Å²) in [5, 5.41) is 8.67. The zero-order valence-electron chi connectivity index (χ0n) is 10.4. The SMILES string of the molecule is C=Cn1cc(CNC2CCC(SCC)C2)cn1. The van der Waals surface area contributed by atoms with Crippen LogP contribution in [0.3, 0.4) is 0 Å². The second-order valence-corrected chi connectivity index (χ2v) is 6.06. The molecule has 1 aliphatic rings. The lowest BCUT2D eigenvalue weighted by molar-refractivity contribution is 0.525. The molecule has 1 heterocycles. The molecule has 1 aromatic heterocycles. The van der Waals surface area contributed by atoms with Crippen molar-refractivity contribution in [2.75, 3.05) is 5.75 Å². The number of hydrogen-bond donors (Lipinski definition) is 1. The van der Waals surface area contributed by atoms with Crippen molar-refractivity contribution in [2.45, 2.75) is 44.0 Å². The van der Waals surface area contributed by atoms with Crippen LogP contribution in [0, 0.1) is 0 Å². The first-order chi connectivity index (χ1) is 8.31. The Hall–Kier alpha value is -0.740. The Labute approximate surface area is 108 Å². The van der Waals surface area contributed by atoms with Crippen molar-refractivity contribution in [3.8, 4) is 0 Å². The van der Waals surface area contributed by atoms with Crippen molar-refractivity contribution in [1.82, 2.24) is 15.1 Å². The van der Waals surface area contributed by atoms with Crippen molar-refractivity contribution in [3.63, 3.8) is 0 Å². The highest BCUT2D eigenvalue weighted by molar-refractivity contribution is 7.99. The summed E-state index contributed by atoms with van der Waals surface area (Å²) in [5.74, 6) is 1.24. The summed E-state index contributed by atoms with van der Waals surface area (Å²) in [6.07, 6.45) is 9.63. The molecule has 17 heavy (non-hydrogen) atoms. The van der Waals surface area contributed by atoms with Crippen LogP contribution in [0.5, 0.6) is 0 Å². The minimum atomic E-state index is 0.686. The van der Waals surface area contributed by atoms with Crippen LogP contribution < -0.4 is 5.32 Å². The average Bonchev–Trinajstić information content (AvgIpc) is 2.95. The Balaban J connectivity index is 1.73. The van der Waals surface area contributed by atoms with Gasteiger partial charge in [0.05, 0.1) is 6.20 Å². The third-order valence-electron chi connectivity index (χ3n) is 3.22. The van der Waals surface area contributed by atoms with Gasteiger partial charge in [-0.15, -0.1) is 0 Å². The van der Waals surface area contributed by atoms with Crippen LogP contribution in [-0.2, 0) is 6.54 Å². The molecule has 2 unspecified atom stereocenters. The normalized spacial score (nSPS) is 24.1. The zero-order chi connectivity index (χ0) is 12.1. The Morgan fingerprint density at radius 1 is 1.65 bits per heavy atom. The van der Waals surface area contributed by atoms with E-state index in [4.69, 9.17) is 0 Å². The van der Waals surface area contributed by atoms with Crippen molar-refractivity contribution < 1.29 is 0 Å². The molecule has 0 aromatic carbocycles.